The minimum Gasteiger partial charge on any atom is -0.481 e. The molecule has 0 bridgehead atoms. The first-order valence-corrected chi connectivity index (χ1v) is 6.92. The van der Waals surface area contributed by atoms with Crippen LogP contribution in [-0.2, 0) is 9.59 Å². The fourth-order valence-corrected chi connectivity index (χ4v) is 3.32. The molecule has 3 rings (SSSR count). The minimum absolute atomic E-state index is 0.0732. The Balaban J connectivity index is 1.53. The third kappa shape index (κ3) is 2.11. The Kier molecular flexibility index (Phi) is 3.01. The maximum atomic E-state index is 12.1. The van der Waals surface area contributed by atoms with Gasteiger partial charge < -0.3 is 10.0 Å². The maximum Gasteiger partial charge on any atom is 0.307 e. The number of hydrogen-bond donors (Lipinski definition) is 1. The largest absolute Gasteiger partial charge is 0.481 e. The summed E-state index contributed by atoms with van der Waals surface area (Å²) >= 11 is 0. The van der Waals surface area contributed by atoms with Crippen molar-refractivity contribution in [2.75, 3.05) is 26.2 Å². The van der Waals surface area contributed by atoms with E-state index in [0.29, 0.717) is 12.5 Å². The van der Waals surface area contributed by atoms with E-state index in [9.17, 15) is 9.59 Å². The van der Waals surface area contributed by atoms with E-state index in [4.69, 9.17) is 5.11 Å². The van der Waals surface area contributed by atoms with Crippen LogP contribution in [0.4, 0.5) is 0 Å². The van der Waals surface area contributed by atoms with E-state index < -0.39 is 11.9 Å². The molecule has 3 fully saturated rings. The van der Waals surface area contributed by atoms with Crippen molar-refractivity contribution < 1.29 is 14.7 Å². The van der Waals surface area contributed by atoms with Crippen molar-refractivity contribution in [3.8, 4) is 0 Å². The van der Waals surface area contributed by atoms with E-state index >= 15 is 0 Å². The molecule has 2 aliphatic heterocycles. The van der Waals surface area contributed by atoms with Crippen molar-refractivity contribution in [2.45, 2.75) is 31.7 Å². The van der Waals surface area contributed by atoms with Gasteiger partial charge in [-0.3, -0.25) is 14.5 Å². The average molecular weight is 252 g/mol. The lowest BCUT2D eigenvalue weighted by Gasteiger charge is -2.23. The molecular formula is C13H20N2O3. The number of carbonyl (C=O) groups excluding carboxylic acids is 1. The molecule has 0 aromatic rings. The molecule has 18 heavy (non-hydrogen) atoms. The summed E-state index contributed by atoms with van der Waals surface area (Å²) in [5, 5.41) is 8.86. The molecule has 3 atom stereocenters. The van der Waals surface area contributed by atoms with Crippen LogP contribution in [0.25, 0.3) is 0 Å². The smallest absolute Gasteiger partial charge is 0.307 e. The molecular weight excluding hydrogens is 232 g/mol. The van der Waals surface area contributed by atoms with E-state index in [1.54, 1.807) is 0 Å². The van der Waals surface area contributed by atoms with Crippen LogP contribution in [0.1, 0.15) is 25.7 Å². The first kappa shape index (κ1) is 12.0. The minimum atomic E-state index is -0.816. The first-order valence-electron chi connectivity index (χ1n) is 6.92. The van der Waals surface area contributed by atoms with Crippen molar-refractivity contribution >= 4 is 11.9 Å². The molecule has 2 saturated heterocycles. The van der Waals surface area contributed by atoms with Gasteiger partial charge in [0, 0.05) is 19.1 Å². The topological polar surface area (TPSA) is 60.9 Å². The van der Waals surface area contributed by atoms with E-state index in [1.165, 1.54) is 12.8 Å². The molecule has 5 heteroatoms. The molecule has 3 aliphatic rings. The lowest BCUT2D eigenvalue weighted by Crippen LogP contribution is -2.37. The number of carboxylic acids is 1. The van der Waals surface area contributed by atoms with Gasteiger partial charge in [0.15, 0.2) is 0 Å². The van der Waals surface area contributed by atoms with E-state index in [0.717, 1.165) is 32.6 Å². The zero-order chi connectivity index (χ0) is 12.7. The summed E-state index contributed by atoms with van der Waals surface area (Å²) in [6, 6.07) is 0.512. The first-order chi connectivity index (χ1) is 8.66. The molecule has 0 aromatic carbocycles. The van der Waals surface area contributed by atoms with Gasteiger partial charge in [0.05, 0.1) is 11.8 Å². The summed E-state index contributed by atoms with van der Waals surface area (Å²) in [6.45, 7) is 3.94. The number of carboxylic acid groups (broad SMARTS) is 1. The third-order valence-electron chi connectivity index (χ3n) is 4.56. The number of amides is 1. The second kappa shape index (κ2) is 4.53. The summed E-state index contributed by atoms with van der Waals surface area (Å²) in [5.74, 6) is -1.39. The molecule has 100 valence electrons. The van der Waals surface area contributed by atoms with Crippen molar-refractivity contribution in [3.63, 3.8) is 0 Å². The molecule has 2 heterocycles. The lowest BCUT2D eigenvalue weighted by molar-refractivity contribution is -0.141. The van der Waals surface area contributed by atoms with Gasteiger partial charge in [-0.25, -0.2) is 0 Å². The van der Waals surface area contributed by atoms with E-state index in [1.807, 2.05) is 4.90 Å². The third-order valence-corrected chi connectivity index (χ3v) is 4.56. The quantitative estimate of drug-likeness (QED) is 0.790. The average Bonchev–Trinajstić information content (AvgIpc) is 2.79. The monoisotopic (exact) mass is 252 g/mol. The van der Waals surface area contributed by atoms with Crippen LogP contribution in [0.3, 0.4) is 0 Å². The Labute approximate surface area is 107 Å². The van der Waals surface area contributed by atoms with Gasteiger partial charge in [0.1, 0.15) is 0 Å². The van der Waals surface area contributed by atoms with Crippen LogP contribution in [0, 0.1) is 11.8 Å². The summed E-state index contributed by atoms with van der Waals surface area (Å²) in [5.41, 5.74) is 0. The highest BCUT2D eigenvalue weighted by molar-refractivity contribution is 5.89. The predicted octanol–water partition coefficient (Wildman–Crippen LogP) is 0.404. The van der Waals surface area contributed by atoms with Crippen LogP contribution in [0.2, 0.25) is 0 Å². The molecule has 5 nitrogen and oxygen atoms in total. The molecule has 1 saturated carbocycles. The van der Waals surface area contributed by atoms with Crippen LogP contribution in [0.5, 0.6) is 0 Å². The Bertz CT molecular complexity index is 365. The van der Waals surface area contributed by atoms with Gasteiger partial charge >= 0.3 is 5.97 Å². The van der Waals surface area contributed by atoms with Crippen molar-refractivity contribution in [3.05, 3.63) is 0 Å². The number of carbonyl (C=O) groups is 2. The zero-order valence-corrected chi connectivity index (χ0v) is 10.5. The Morgan fingerprint density at radius 2 is 1.78 bits per heavy atom. The van der Waals surface area contributed by atoms with Crippen molar-refractivity contribution in [1.82, 2.24) is 9.80 Å². The van der Waals surface area contributed by atoms with E-state index in [2.05, 4.69) is 4.90 Å². The molecule has 1 unspecified atom stereocenters. The van der Waals surface area contributed by atoms with Crippen LogP contribution < -0.4 is 0 Å². The van der Waals surface area contributed by atoms with Crippen LogP contribution >= 0.6 is 0 Å². The molecule has 0 radical (unpaired) electrons. The van der Waals surface area contributed by atoms with Crippen LogP contribution in [0.15, 0.2) is 0 Å². The van der Waals surface area contributed by atoms with Gasteiger partial charge in [0.2, 0.25) is 5.91 Å². The Morgan fingerprint density at radius 3 is 2.39 bits per heavy atom. The fraction of sp³-hybridized carbons (Fsp3) is 0.846. The highest BCUT2D eigenvalue weighted by Gasteiger charge is 2.50. The van der Waals surface area contributed by atoms with Gasteiger partial charge in [-0.2, -0.15) is 0 Å². The Morgan fingerprint density at radius 1 is 1.06 bits per heavy atom. The second-order valence-corrected chi connectivity index (χ2v) is 5.76. The van der Waals surface area contributed by atoms with E-state index in [-0.39, 0.29) is 11.8 Å². The van der Waals surface area contributed by atoms with Gasteiger partial charge in [-0.1, -0.05) is 0 Å². The normalized spacial score (nSPS) is 36.0. The van der Waals surface area contributed by atoms with Crippen molar-refractivity contribution in [1.29, 1.82) is 0 Å². The highest BCUT2D eigenvalue weighted by Crippen LogP contribution is 2.40. The SMILES string of the molecule is O=C(O)[C@H]1C[C@H]1C(=O)N1CCC(N2CCCC2)C1. The van der Waals surface area contributed by atoms with Gasteiger partial charge in [-0.05, 0) is 38.8 Å². The summed E-state index contributed by atoms with van der Waals surface area (Å²) in [6.07, 6.45) is 4.14. The fourth-order valence-electron chi connectivity index (χ4n) is 3.32. The highest BCUT2D eigenvalue weighted by atomic mass is 16.4. The maximum absolute atomic E-state index is 12.1. The molecule has 1 N–H and O–H groups in total. The predicted molar refractivity (Wildman–Crippen MR) is 65.0 cm³/mol. The van der Waals surface area contributed by atoms with Crippen molar-refractivity contribution in [2.24, 2.45) is 11.8 Å². The molecule has 1 aliphatic carbocycles. The lowest BCUT2D eigenvalue weighted by atomic mass is 10.2. The summed E-state index contributed by atoms with van der Waals surface area (Å²) in [7, 11) is 0. The second-order valence-electron chi connectivity index (χ2n) is 5.76. The van der Waals surface area contributed by atoms with Crippen LogP contribution in [-0.4, -0.2) is 59.0 Å². The molecule has 0 spiro atoms. The Hall–Kier alpha value is -1.10. The standard InChI is InChI=1S/C13H20N2O3/c16-12(10-7-11(10)13(17)18)15-6-3-9(8-15)14-4-1-2-5-14/h9-11H,1-8H2,(H,17,18)/t9?,10-,11+/m1/s1. The molecule has 1 amide bonds. The zero-order valence-electron chi connectivity index (χ0n) is 10.5. The van der Waals surface area contributed by atoms with Gasteiger partial charge in [0.25, 0.3) is 0 Å². The molecule has 0 aromatic heterocycles. The number of aliphatic carboxylic acids is 1. The number of hydrogen-bond acceptors (Lipinski definition) is 3. The number of nitrogens with zero attached hydrogens (tertiary/aromatic N) is 2. The number of rotatable bonds is 3. The number of likely N-dealkylation sites (tertiary alicyclic amines) is 2. The summed E-state index contributed by atoms with van der Waals surface area (Å²) < 4.78 is 0. The summed E-state index contributed by atoms with van der Waals surface area (Å²) in [4.78, 5) is 27.3. The van der Waals surface area contributed by atoms with Gasteiger partial charge in [-0.15, -0.1) is 0 Å².